The van der Waals surface area contributed by atoms with E-state index in [-0.39, 0.29) is 12.1 Å². The lowest BCUT2D eigenvalue weighted by atomic mass is 10.1. The van der Waals surface area contributed by atoms with Gasteiger partial charge in [-0.1, -0.05) is 6.92 Å². The Kier molecular flexibility index (Phi) is 5.58. The minimum Gasteiger partial charge on any atom is -0.481 e. The van der Waals surface area contributed by atoms with Gasteiger partial charge in [-0.25, -0.2) is 4.79 Å². The van der Waals surface area contributed by atoms with Crippen LogP contribution in [0.3, 0.4) is 0 Å². The van der Waals surface area contributed by atoms with Crippen LogP contribution >= 0.6 is 0 Å². The fourth-order valence-electron chi connectivity index (χ4n) is 1.59. The molecule has 114 valence electrons. The van der Waals surface area contributed by atoms with Crippen molar-refractivity contribution in [2.75, 3.05) is 5.32 Å². The third-order valence-corrected chi connectivity index (χ3v) is 2.65. The van der Waals surface area contributed by atoms with E-state index in [4.69, 9.17) is 5.11 Å². The van der Waals surface area contributed by atoms with Gasteiger partial charge in [-0.05, 0) is 12.5 Å². The van der Waals surface area contributed by atoms with Gasteiger partial charge in [-0.3, -0.25) is 14.9 Å². The molecule has 0 spiro atoms. The van der Waals surface area contributed by atoms with E-state index in [1.165, 1.54) is 6.07 Å². The summed E-state index contributed by atoms with van der Waals surface area (Å²) in [5, 5.41) is 23.8. The standard InChI is InChI=1S/C12H14FN3O5/c1-2-7(6-11(17)18)14-12(19)15-8-3-4-10(16(20)21)9(13)5-8/h3-5,7H,2,6H2,1H3,(H,17,18)(H2,14,15,19). The predicted molar refractivity (Wildman–Crippen MR) is 71.5 cm³/mol. The molecule has 1 atom stereocenters. The van der Waals surface area contributed by atoms with Crippen molar-refractivity contribution in [3.8, 4) is 0 Å². The van der Waals surface area contributed by atoms with Gasteiger partial charge < -0.3 is 15.7 Å². The van der Waals surface area contributed by atoms with Crippen LogP contribution in [0.15, 0.2) is 18.2 Å². The SMILES string of the molecule is CCC(CC(=O)O)NC(=O)Nc1ccc([N+](=O)[O-])c(F)c1. The van der Waals surface area contributed by atoms with E-state index in [0.717, 1.165) is 12.1 Å². The normalized spacial score (nSPS) is 11.5. The second-order valence-electron chi connectivity index (χ2n) is 4.22. The molecule has 21 heavy (non-hydrogen) atoms. The Balaban J connectivity index is 2.68. The largest absolute Gasteiger partial charge is 0.481 e. The van der Waals surface area contributed by atoms with Crippen molar-refractivity contribution >= 4 is 23.4 Å². The summed E-state index contributed by atoms with van der Waals surface area (Å²) in [4.78, 5) is 31.8. The van der Waals surface area contributed by atoms with E-state index in [0.29, 0.717) is 6.42 Å². The zero-order chi connectivity index (χ0) is 16.0. The zero-order valence-corrected chi connectivity index (χ0v) is 11.1. The summed E-state index contributed by atoms with van der Waals surface area (Å²) < 4.78 is 13.4. The number of urea groups is 1. The summed E-state index contributed by atoms with van der Waals surface area (Å²) in [6.45, 7) is 1.71. The number of carbonyl (C=O) groups excluding carboxylic acids is 1. The molecule has 0 fully saturated rings. The first kappa shape index (κ1) is 16.3. The molecule has 8 nitrogen and oxygen atoms in total. The number of anilines is 1. The molecule has 2 amide bonds. The molecule has 0 aliphatic rings. The lowest BCUT2D eigenvalue weighted by molar-refractivity contribution is -0.387. The molecule has 0 heterocycles. The molecule has 0 bridgehead atoms. The highest BCUT2D eigenvalue weighted by Crippen LogP contribution is 2.20. The molecule has 0 radical (unpaired) electrons. The summed E-state index contributed by atoms with van der Waals surface area (Å²) in [6, 6.07) is 1.65. The van der Waals surface area contributed by atoms with Crippen LogP contribution < -0.4 is 10.6 Å². The lowest BCUT2D eigenvalue weighted by Crippen LogP contribution is -2.38. The predicted octanol–water partition coefficient (Wildman–Crippen LogP) is 2.11. The molecule has 0 saturated carbocycles. The highest BCUT2D eigenvalue weighted by molar-refractivity contribution is 5.89. The summed E-state index contributed by atoms with van der Waals surface area (Å²) in [6.07, 6.45) is 0.173. The minimum atomic E-state index is -1.07. The van der Waals surface area contributed by atoms with Gasteiger partial charge in [0.2, 0.25) is 5.82 Å². The molecule has 9 heteroatoms. The van der Waals surface area contributed by atoms with Crippen LogP contribution in [0.5, 0.6) is 0 Å². The summed E-state index contributed by atoms with van der Waals surface area (Å²) >= 11 is 0. The minimum absolute atomic E-state index is 0.0285. The number of nitro benzene ring substituents is 1. The molecular formula is C12H14FN3O5. The first-order chi connectivity index (χ1) is 9.83. The first-order valence-corrected chi connectivity index (χ1v) is 6.06. The van der Waals surface area contributed by atoms with Crippen LogP contribution in [0.25, 0.3) is 0 Å². The van der Waals surface area contributed by atoms with Crippen molar-refractivity contribution in [1.82, 2.24) is 5.32 Å². The highest BCUT2D eigenvalue weighted by Gasteiger charge is 2.16. The maximum atomic E-state index is 13.4. The third-order valence-electron chi connectivity index (χ3n) is 2.65. The summed E-state index contributed by atoms with van der Waals surface area (Å²) in [5.41, 5.74) is -0.668. The number of carbonyl (C=O) groups is 2. The van der Waals surface area contributed by atoms with Crippen LogP contribution in [0.1, 0.15) is 19.8 Å². The Morgan fingerprint density at radius 3 is 2.62 bits per heavy atom. The van der Waals surface area contributed by atoms with Gasteiger partial charge in [0.25, 0.3) is 0 Å². The fraction of sp³-hybridized carbons (Fsp3) is 0.333. The van der Waals surface area contributed by atoms with E-state index in [1.807, 2.05) is 0 Å². The number of benzene rings is 1. The van der Waals surface area contributed by atoms with Crippen molar-refractivity contribution in [2.45, 2.75) is 25.8 Å². The Labute approximate surface area is 119 Å². The molecule has 0 aromatic heterocycles. The van der Waals surface area contributed by atoms with Gasteiger partial charge in [0.1, 0.15) is 0 Å². The van der Waals surface area contributed by atoms with Gasteiger partial charge in [0.15, 0.2) is 0 Å². The van der Waals surface area contributed by atoms with Crippen molar-refractivity contribution in [1.29, 1.82) is 0 Å². The second kappa shape index (κ2) is 7.17. The quantitative estimate of drug-likeness (QED) is 0.548. The number of nitrogens with zero attached hydrogens (tertiary/aromatic N) is 1. The average Bonchev–Trinajstić information content (AvgIpc) is 2.36. The molecule has 0 aliphatic carbocycles. The van der Waals surface area contributed by atoms with Crippen molar-refractivity contribution in [3.63, 3.8) is 0 Å². The lowest BCUT2D eigenvalue weighted by Gasteiger charge is -2.15. The van der Waals surface area contributed by atoms with Crippen molar-refractivity contribution < 1.29 is 24.0 Å². The number of hydrogen-bond acceptors (Lipinski definition) is 4. The van der Waals surface area contributed by atoms with E-state index < -0.39 is 34.5 Å². The fourth-order valence-corrected chi connectivity index (χ4v) is 1.59. The maximum Gasteiger partial charge on any atom is 0.319 e. The number of carboxylic acids is 1. The van der Waals surface area contributed by atoms with E-state index in [2.05, 4.69) is 10.6 Å². The van der Waals surface area contributed by atoms with Gasteiger partial charge in [-0.15, -0.1) is 0 Å². The molecule has 1 rings (SSSR count). The Morgan fingerprint density at radius 1 is 1.48 bits per heavy atom. The monoisotopic (exact) mass is 299 g/mol. The number of nitrogens with one attached hydrogen (secondary N) is 2. The van der Waals surface area contributed by atoms with Gasteiger partial charge >= 0.3 is 17.7 Å². The molecule has 0 aliphatic heterocycles. The smallest absolute Gasteiger partial charge is 0.319 e. The molecule has 1 unspecified atom stereocenters. The first-order valence-electron chi connectivity index (χ1n) is 6.06. The number of aliphatic carboxylic acids is 1. The van der Waals surface area contributed by atoms with Crippen LogP contribution in [-0.4, -0.2) is 28.1 Å². The third kappa shape index (κ3) is 5.05. The Bertz CT molecular complexity index is 564. The van der Waals surface area contributed by atoms with E-state index in [1.54, 1.807) is 6.92 Å². The van der Waals surface area contributed by atoms with Gasteiger partial charge in [0, 0.05) is 23.9 Å². The van der Waals surface area contributed by atoms with E-state index in [9.17, 15) is 24.1 Å². The molecule has 0 saturated heterocycles. The zero-order valence-electron chi connectivity index (χ0n) is 11.1. The van der Waals surface area contributed by atoms with Crippen molar-refractivity contribution in [3.05, 3.63) is 34.1 Å². The molecule has 3 N–H and O–H groups in total. The number of amides is 2. The average molecular weight is 299 g/mol. The van der Waals surface area contributed by atoms with E-state index >= 15 is 0 Å². The van der Waals surface area contributed by atoms with Crippen LogP contribution in [0, 0.1) is 15.9 Å². The summed E-state index contributed by atoms with van der Waals surface area (Å²) in [5.74, 6) is -2.13. The van der Waals surface area contributed by atoms with Crippen LogP contribution in [-0.2, 0) is 4.79 Å². The van der Waals surface area contributed by atoms with Crippen molar-refractivity contribution in [2.24, 2.45) is 0 Å². The molecule has 1 aromatic carbocycles. The summed E-state index contributed by atoms with van der Waals surface area (Å²) in [7, 11) is 0. The number of nitro groups is 1. The topological polar surface area (TPSA) is 122 Å². The van der Waals surface area contributed by atoms with Crippen LogP contribution in [0.4, 0.5) is 20.6 Å². The highest BCUT2D eigenvalue weighted by atomic mass is 19.1. The number of hydrogen-bond donors (Lipinski definition) is 3. The van der Waals surface area contributed by atoms with Crippen LogP contribution in [0.2, 0.25) is 0 Å². The molecule has 1 aromatic rings. The number of carboxylic acid groups (broad SMARTS) is 1. The Hall–Kier alpha value is -2.71. The second-order valence-corrected chi connectivity index (χ2v) is 4.22. The molecular weight excluding hydrogens is 285 g/mol. The maximum absolute atomic E-state index is 13.4. The van der Waals surface area contributed by atoms with Gasteiger partial charge in [-0.2, -0.15) is 4.39 Å². The van der Waals surface area contributed by atoms with Gasteiger partial charge in [0.05, 0.1) is 11.3 Å². The number of halogens is 1. The Morgan fingerprint density at radius 2 is 2.14 bits per heavy atom. The number of rotatable bonds is 6.